The highest BCUT2D eigenvalue weighted by molar-refractivity contribution is 6.42. The number of carbonyl (C=O) groups excluding carboxylic acids is 1. The van der Waals surface area contributed by atoms with Crippen molar-refractivity contribution in [2.45, 2.75) is 19.8 Å². The van der Waals surface area contributed by atoms with Crippen LogP contribution in [0.3, 0.4) is 0 Å². The molecule has 0 aliphatic carbocycles. The van der Waals surface area contributed by atoms with Crippen LogP contribution in [0.15, 0.2) is 41.0 Å². The average Bonchev–Trinajstić information content (AvgIpc) is 2.55. The first-order chi connectivity index (χ1) is 11.3. The molecule has 2 N–H and O–H groups in total. The van der Waals surface area contributed by atoms with Gasteiger partial charge in [0.1, 0.15) is 17.4 Å². The molecule has 0 aromatic heterocycles. The van der Waals surface area contributed by atoms with Crippen LogP contribution in [0.2, 0.25) is 10.0 Å². The number of nitrogens with two attached hydrogens (primary N) is 1. The van der Waals surface area contributed by atoms with E-state index in [1.54, 1.807) is 18.2 Å². The van der Waals surface area contributed by atoms with Crippen LogP contribution >= 0.6 is 23.2 Å². The van der Waals surface area contributed by atoms with Crippen molar-refractivity contribution in [3.8, 4) is 6.07 Å². The van der Waals surface area contributed by atoms with Gasteiger partial charge in [0.05, 0.1) is 28.6 Å². The summed E-state index contributed by atoms with van der Waals surface area (Å²) in [5.41, 5.74) is 6.87. The van der Waals surface area contributed by atoms with Crippen molar-refractivity contribution in [1.82, 2.24) is 0 Å². The molecular formula is C17H16Cl2N2O3. The fraction of sp³-hybridized carbons (Fsp3) is 0.294. The highest BCUT2D eigenvalue weighted by Gasteiger charge is 2.38. The Hall–Kier alpha value is -2.16. The van der Waals surface area contributed by atoms with Crippen molar-refractivity contribution in [2.75, 3.05) is 7.11 Å². The Morgan fingerprint density at radius 3 is 2.54 bits per heavy atom. The number of hydrogen-bond donors (Lipinski definition) is 1. The molecule has 2 rings (SSSR count). The predicted molar refractivity (Wildman–Crippen MR) is 91.0 cm³/mol. The van der Waals surface area contributed by atoms with E-state index in [-0.39, 0.29) is 22.9 Å². The minimum Gasteiger partial charge on any atom is -0.466 e. The molecule has 0 spiro atoms. The number of nitrogens with zero attached hydrogens (tertiary/aromatic N) is 1. The number of halogens is 2. The van der Waals surface area contributed by atoms with Gasteiger partial charge in [-0.05, 0) is 17.7 Å². The number of methoxy groups -OCH3 is 1. The molecule has 126 valence electrons. The molecule has 1 unspecified atom stereocenters. The summed E-state index contributed by atoms with van der Waals surface area (Å²) >= 11 is 12.1. The van der Waals surface area contributed by atoms with Gasteiger partial charge in [-0.1, -0.05) is 43.1 Å². The first-order valence-corrected chi connectivity index (χ1v) is 7.92. The maximum absolute atomic E-state index is 12.4. The lowest BCUT2D eigenvalue weighted by Crippen LogP contribution is -2.27. The minimum absolute atomic E-state index is 0.0371. The number of hydrogen-bond acceptors (Lipinski definition) is 5. The Kier molecular flexibility index (Phi) is 5.43. The van der Waals surface area contributed by atoms with Gasteiger partial charge in [0, 0.05) is 5.92 Å². The zero-order valence-corrected chi connectivity index (χ0v) is 14.9. The SMILES string of the molecule is COC(=O)C1=C(C(C)C)OC(N)=C(C#N)C1c1ccc(Cl)c(Cl)c1. The third kappa shape index (κ3) is 3.21. The van der Waals surface area contributed by atoms with Crippen LogP contribution in [0, 0.1) is 17.2 Å². The van der Waals surface area contributed by atoms with Gasteiger partial charge in [0.2, 0.25) is 5.88 Å². The van der Waals surface area contributed by atoms with E-state index >= 15 is 0 Å². The minimum atomic E-state index is -0.733. The summed E-state index contributed by atoms with van der Waals surface area (Å²) in [4.78, 5) is 12.4. The first kappa shape index (κ1) is 18.2. The molecule has 1 atom stereocenters. The van der Waals surface area contributed by atoms with Crippen LogP contribution in [0.5, 0.6) is 0 Å². The molecule has 0 radical (unpaired) electrons. The van der Waals surface area contributed by atoms with Gasteiger partial charge >= 0.3 is 5.97 Å². The van der Waals surface area contributed by atoms with Gasteiger partial charge < -0.3 is 15.2 Å². The van der Waals surface area contributed by atoms with Gasteiger partial charge in [0.15, 0.2) is 0 Å². The van der Waals surface area contributed by atoms with E-state index in [1.807, 2.05) is 19.9 Å². The number of allylic oxidation sites excluding steroid dienone is 2. The molecule has 1 aromatic rings. The molecule has 1 aromatic carbocycles. The molecule has 0 amide bonds. The second-order valence-electron chi connectivity index (χ2n) is 5.52. The quantitative estimate of drug-likeness (QED) is 0.820. The highest BCUT2D eigenvalue weighted by Crippen LogP contribution is 2.42. The van der Waals surface area contributed by atoms with Crippen molar-refractivity contribution in [3.05, 3.63) is 56.6 Å². The second kappa shape index (κ2) is 7.16. The van der Waals surface area contributed by atoms with E-state index in [1.165, 1.54) is 7.11 Å². The van der Waals surface area contributed by atoms with Crippen LogP contribution in [0.1, 0.15) is 25.3 Å². The number of rotatable bonds is 3. The third-order valence-corrected chi connectivity index (χ3v) is 4.39. The lowest BCUT2D eigenvalue weighted by atomic mass is 9.81. The maximum atomic E-state index is 12.4. The summed E-state index contributed by atoms with van der Waals surface area (Å²) < 4.78 is 10.4. The van der Waals surface area contributed by atoms with Crippen molar-refractivity contribution < 1.29 is 14.3 Å². The Labute approximate surface area is 150 Å². The Morgan fingerprint density at radius 1 is 1.38 bits per heavy atom. The third-order valence-electron chi connectivity index (χ3n) is 3.66. The van der Waals surface area contributed by atoms with Gasteiger partial charge in [-0.25, -0.2) is 4.79 Å². The highest BCUT2D eigenvalue weighted by atomic mass is 35.5. The van der Waals surface area contributed by atoms with Crippen molar-refractivity contribution in [2.24, 2.45) is 11.7 Å². The lowest BCUT2D eigenvalue weighted by molar-refractivity contribution is -0.136. The summed E-state index contributed by atoms with van der Waals surface area (Å²) in [6, 6.07) is 6.91. The van der Waals surface area contributed by atoms with Crippen LogP contribution < -0.4 is 5.73 Å². The molecule has 0 bridgehead atoms. The topological polar surface area (TPSA) is 85.3 Å². The molecule has 0 fully saturated rings. The van der Waals surface area contributed by atoms with Crippen molar-refractivity contribution >= 4 is 29.2 Å². The number of ether oxygens (including phenoxy) is 2. The van der Waals surface area contributed by atoms with E-state index < -0.39 is 11.9 Å². The fourth-order valence-electron chi connectivity index (χ4n) is 2.56. The predicted octanol–water partition coefficient (Wildman–Crippen LogP) is 3.88. The van der Waals surface area contributed by atoms with Crippen LogP contribution in [0.4, 0.5) is 0 Å². The Balaban J connectivity index is 2.75. The summed E-state index contributed by atoms with van der Waals surface area (Å²) in [5, 5.41) is 10.2. The fourth-order valence-corrected chi connectivity index (χ4v) is 2.87. The van der Waals surface area contributed by atoms with Crippen LogP contribution in [-0.4, -0.2) is 13.1 Å². The van der Waals surface area contributed by atoms with E-state index in [9.17, 15) is 10.1 Å². The summed E-state index contributed by atoms with van der Waals surface area (Å²) in [6.07, 6.45) is 0. The average molecular weight is 367 g/mol. The standard InChI is InChI=1S/C17H16Cl2N2O3/c1-8(2)15-14(17(22)23-3)13(10(7-20)16(21)24-15)9-4-5-11(18)12(19)6-9/h4-6,8,13H,21H2,1-3H3. The molecule has 0 saturated carbocycles. The van der Waals surface area contributed by atoms with E-state index in [2.05, 4.69) is 0 Å². The zero-order chi connectivity index (χ0) is 18.0. The Morgan fingerprint density at radius 2 is 2.04 bits per heavy atom. The smallest absolute Gasteiger partial charge is 0.338 e. The summed E-state index contributed by atoms with van der Waals surface area (Å²) in [7, 11) is 1.27. The molecule has 5 nitrogen and oxygen atoms in total. The number of nitriles is 1. The molecule has 7 heteroatoms. The van der Waals surface area contributed by atoms with Crippen molar-refractivity contribution in [3.63, 3.8) is 0 Å². The van der Waals surface area contributed by atoms with E-state index in [4.69, 9.17) is 38.4 Å². The molecule has 24 heavy (non-hydrogen) atoms. The lowest BCUT2D eigenvalue weighted by Gasteiger charge is -2.29. The normalized spacial score (nSPS) is 17.6. The van der Waals surface area contributed by atoms with Crippen molar-refractivity contribution in [1.29, 1.82) is 5.26 Å². The molecule has 1 aliphatic rings. The summed E-state index contributed by atoms with van der Waals surface area (Å²) in [6.45, 7) is 3.71. The number of carbonyl (C=O) groups is 1. The zero-order valence-electron chi connectivity index (χ0n) is 13.4. The van der Waals surface area contributed by atoms with Gasteiger partial charge in [-0.3, -0.25) is 0 Å². The Bertz CT molecular complexity index is 792. The largest absolute Gasteiger partial charge is 0.466 e. The van der Waals surface area contributed by atoms with Gasteiger partial charge in [0.25, 0.3) is 0 Å². The van der Waals surface area contributed by atoms with Crippen LogP contribution in [0.25, 0.3) is 0 Å². The molecule has 0 saturated heterocycles. The molecule has 1 heterocycles. The first-order valence-electron chi connectivity index (χ1n) is 7.16. The molecular weight excluding hydrogens is 351 g/mol. The van der Waals surface area contributed by atoms with E-state index in [0.29, 0.717) is 21.4 Å². The van der Waals surface area contributed by atoms with Crippen LogP contribution in [-0.2, 0) is 14.3 Å². The monoisotopic (exact) mass is 366 g/mol. The number of benzene rings is 1. The molecule has 1 aliphatic heterocycles. The maximum Gasteiger partial charge on any atom is 0.338 e. The van der Waals surface area contributed by atoms with E-state index in [0.717, 1.165) is 0 Å². The van der Waals surface area contributed by atoms with Gasteiger partial charge in [-0.2, -0.15) is 5.26 Å². The van der Waals surface area contributed by atoms with Gasteiger partial charge in [-0.15, -0.1) is 0 Å². The second-order valence-corrected chi connectivity index (χ2v) is 6.34. The number of esters is 1. The summed E-state index contributed by atoms with van der Waals surface area (Å²) in [5.74, 6) is -1.12.